The molecule has 0 aliphatic carbocycles. The minimum atomic E-state index is -0.285. The average Bonchev–Trinajstić information content (AvgIpc) is 3.11. The number of nitrogens with one attached hydrogen (secondary N) is 1. The summed E-state index contributed by atoms with van der Waals surface area (Å²) in [5, 5.41) is 6.60. The number of nitrogens with zero attached hydrogens (tertiary/aromatic N) is 4. The SMILES string of the molecule is Cc1cc(C=NNC(=O)c2cccc3ccccc23)c(C)n1-n1c(C)nc2ccccc2c1=O. The Morgan fingerprint density at radius 1 is 0.912 bits per heavy atom. The average molecular weight is 450 g/mol. The molecule has 0 bridgehead atoms. The van der Waals surface area contributed by atoms with E-state index in [-0.39, 0.29) is 11.5 Å². The van der Waals surface area contributed by atoms with Crippen molar-refractivity contribution in [3.8, 4) is 0 Å². The molecule has 0 radical (unpaired) electrons. The lowest BCUT2D eigenvalue weighted by Gasteiger charge is -2.16. The van der Waals surface area contributed by atoms with Crippen LogP contribution in [0.15, 0.2) is 82.7 Å². The number of benzene rings is 3. The molecule has 0 saturated carbocycles. The molecular formula is C27H23N5O2. The molecule has 5 aromatic rings. The van der Waals surface area contributed by atoms with Crippen LogP contribution in [0.4, 0.5) is 0 Å². The Labute approximate surface area is 196 Å². The Morgan fingerprint density at radius 3 is 2.44 bits per heavy atom. The van der Waals surface area contributed by atoms with Gasteiger partial charge in [-0.3, -0.25) is 14.3 Å². The Kier molecular flexibility index (Phi) is 5.30. The van der Waals surface area contributed by atoms with E-state index in [2.05, 4.69) is 15.5 Å². The minimum Gasteiger partial charge on any atom is -0.267 e. The summed E-state index contributed by atoms with van der Waals surface area (Å²) in [6.45, 7) is 5.63. The van der Waals surface area contributed by atoms with Crippen LogP contribution in [-0.4, -0.2) is 26.5 Å². The Balaban J connectivity index is 1.47. The van der Waals surface area contributed by atoms with Crippen molar-refractivity contribution in [1.82, 2.24) is 19.8 Å². The van der Waals surface area contributed by atoms with Crippen LogP contribution >= 0.6 is 0 Å². The molecule has 0 spiro atoms. The van der Waals surface area contributed by atoms with Gasteiger partial charge in [-0.2, -0.15) is 9.78 Å². The topological polar surface area (TPSA) is 81.3 Å². The number of aromatic nitrogens is 3. The lowest BCUT2D eigenvalue weighted by molar-refractivity contribution is 0.0957. The lowest BCUT2D eigenvalue weighted by Crippen LogP contribution is -2.30. The molecule has 0 saturated heterocycles. The number of fused-ring (bicyclic) bond motifs is 2. The predicted molar refractivity (Wildman–Crippen MR) is 134 cm³/mol. The van der Waals surface area contributed by atoms with Gasteiger partial charge in [0.05, 0.1) is 17.1 Å². The highest BCUT2D eigenvalue weighted by molar-refractivity contribution is 6.07. The standard InChI is InChI=1S/C27H23N5O2/c1-17-15-21(16-28-30-26(33)23-13-8-10-20-9-4-5-11-22(20)23)18(2)31(17)32-19(3)29-25-14-7-6-12-24(25)27(32)34/h4-16H,1-3H3,(H,30,33). The van der Waals surface area contributed by atoms with Crippen LogP contribution in [0.25, 0.3) is 21.7 Å². The Bertz CT molecular complexity index is 1650. The third-order valence-electron chi connectivity index (χ3n) is 5.95. The maximum atomic E-state index is 13.2. The molecule has 34 heavy (non-hydrogen) atoms. The summed E-state index contributed by atoms with van der Waals surface area (Å²) < 4.78 is 3.39. The first-order valence-corrected chi connectivity index (χ1v) is 10.9. The molecule has 3 aromatic carbocycles. The van der Waals surface area contributed by atoms with Crippen molar-refractivity contribution >= 4 is 33.8 Å². The van der Waals surface area contributed by atoms with Gasteiger partial charge in [0.2, 0.25) is 0 Å². The quantitative estimate of drug-likeness (QED) is 0.327. The van der Waals surface area contributed by atoms with E-state index in [0.29, 0.717) is 22.3 Å². The number of hydrazone groups is 1. The molecule has 0 fully saturated rings. The van der Waals surface area contributed by atoms with Gasteiger partial charge in [0, 0.05) is 22.5 Å². The van der Waals surface area contributed by atoms with Crippen molar-refractivity contribution in [2.75, 3.05) is 0 Å². The molecule has 168 valence electrons. The minimum absolute atomic E-state index is 0.141. The lowest BCUT2D eigenvalue weighted by atomic mass is 10.0. The van der Waals surface area contributed by atoms with Gasteiger partial charge in [-0.25, -0.2) is 10.4 Å². The van der Waals surface area contributed by atoms with Gasteiger partial charge in [0.15, 0.2) is 0 Å². The second-order valence-corrected chi connectivity index (χ2v) is 8.16. The number of hydrogen-bond donors (Lipinski definition) is 1. The number of carbonyl (C=O) groups is 1. The van der Waals surface area contributed by atoms with E-state index in [1.807, 2.05) is 86.1 Å². The summed E-state index contributed by atoms with van der Waals surface area (Å²) in [6.07, 6.45) is 1.59. The van der Waals surface area contributed by atoms with Gasteiger partial charge in [-0.05, 0) is 55.8 Å². The third-order valence-corrected chi connectivity index (χ3v) is 5.95. The molecular weight excluding hydrogens is 426 g/mol. The van der Waals surface area contributed by atoms with Crippen molar-refractivity contribution in [3.05, 3.63) is 111 Å². The molecule has 1 N–H and O–H groups in total. The number of amides is 1. The molecule has 7 heteroatoms. The highest BCUT2D eigenvalue weighted by Crippen LogP contribution is 2.19. The van der Waals surface area contributed by atoms with Gasteiger partial charge in [0.25, 0.3) is 11.5 Å². The fourth-order valence-corrected chi connectivity index (χ4v) is 4.33. The van der Waals surface area contributed by atoms with Gasteiger partial charge in [-0.15, -0.1) is 0 Å². The molecule has 2 heterocycles. The molecule has 0 aliphatic rings. The number of para-hydroxylation sites is 1. The smallest absolute Gasteiger partial charge is 0.267 e. The highest BCUT2D eigenvalue weighted by atomic mass is 16.2. The van der Waals surface area contributed by atoms with Gasteiger partial charge >= 0.3 is 0 Å². The zero-order valence-electron chi connectivity index (χ0n) is 19.1. The number of rotatable bonds is 4. The normalized spacial score (nSPS) is 11.5. The van der Waals surface area contributed by atoms with Gasteiger partial charge in [0.1, 0.15) is 5.82 Å². The van der Waals surface area contributed by atoms with E-state index in [9.17, 15) is 9.59 Å². The second-order valence-electron chi connectivity index (χ2n) is 8.16. The van der Waals surface area contributed by atoms with E-state index in [4.69, 9.17) is 0 Å². The molecule has 0 unspecified atom stereocenters. The predicted octanol–water partition coefficient (Wildman–Crippen LogP) is 4.35. The van der Waals surface area contributed by atoms with Crippen molar-refractivity contribution in [2.24, 2.45) is 5.10 Å². The summed E-state index contributed by atoms with van der Waals surface area (Å²) in [7, 11) is 0. The van der Waals surface area contributed by atoms with Crippen LogP contribution in [0.1, 0.15) is 33.1 Å². The second kappa shape index (κ2) is 8.44. The largest absolute Gasteiger partial charge is 0.280 e. The van der Waals surface area contributed by atoms with Crippen LogP contribution in [0.5, 0.6) is 0 Å². The number of hydrogen-bond acceptors (Lipinski definition) is 4. The van der Waals surface area contributed by atoms with Crippen LogP contribution in [0.2, 0.25) is 0 Å². The van der Waals surface area contributed by atoms with E-state index in [0.717, 1.165) is 27.7 Å². The van der Waals surface area contributed by atoms with Crippen LogP contribution in [0.3, 0.4) is 0 Å². The fourth-order valence-electron chi connectivity index (χ4n) is 4.33. The van der Waals surface area contributed by atoms with Crippen LogP contribution in [-0.2, 0) is 0 Å². The monoisotopic (exact) mass is 449 g/mol. The van der Waals surface area contributed by atoms with Gasteiger partial charge in [-0.1, -0.05) is 48.5 Å². The van der Waals surface area contributed by atoms with E-state index < -0.39 is 0 Å². The molecule has 2 aromatic heterocycles. The van der Waals surface area contributed by atoms with E-state index in [1.54, 1.807) is 23.0 Å². The summed E-state index contributed by atoms with van der Waals surface area (Å²) in [6, 6.07) is 22.6. The maximum Gasteiger partial charge on any atom is 0.280 e. The highest BCUT2D eigenvalue weighted by Gasteiger charge is 2.15. The number of carbonyl (C=O) groups excluding carboxylic acids is 1. The molecule has 0 atom stereocenters. The molecule has 1 amide bonds. The Hall–Kier alpha value is -4.52. The first-order valence-electron chi connectivity index (χ1n) is 10.9. The summed E-state index contributed by atoms with van der Waals surface area (Å²) in [5.41, 5.74) is 6.15. The fraction of sp³-hybridized carbons (Fsp3) is 0.111. The maximum absolute atomic E-state index is 13.2. The van der Waals surface area contributed by atoms with Gasteiger partial charge < -0.3 is 0 Å². The molecule has 0 aliphatic heterocycles. The van der Waals surface area contributed by atoms with Crippen LogP contribution < -0.4 is 11.0 Å². The van der Waals surface area contributed by atoms with E-state index >= 15 is 0 Å². The summed E-state index contributed by atoms with van der Waals surface area (Å²) in [4.78, 5) is 30.6. The Morgan fingerprint density at radius 2 is 1.62 bits per heavy atom. The summed E-state index contributed by atoms with van der Waals surface area (Å²) in [5.74, 6) is 0.297. The van der Waals surface area contributed by atoms with Crippen molar-refractivity contribution in [3.63, 3.8) is 0 Å². The number of aryl methyl sites for hydroxylation is 2. The van der Waals surface area contributed by atoms with Crippen molar-refractivity contribution in [1.29, 1.82) is 0 Å². The third kappa shape index (κ3) is 3.57. The van der Waals surface area contributed by atoms with E-state index in [1.165, 1.54) is 0 Å². The zero-order chi connectivity index (χ0) is 23.8. The van der Waals surface area contributed by atoms with Crippen molar-refractivity contribution < 1.29 is 4.79 Å². The van der Waals surface area contributed by atoms with Crippen molar-refractivity contribution in [2.45, 2.75) is 20.8 Å². The summed E-state index contributed by atoms with van der Waals surface area (Å²) >= 11 is 0. The van der Waals surface area contributed by atoms with Crippen LogP contribution in [0, 0.1) is 20.8 Å². The molecule has 5 rings (SSSR count). The first-order chi connectivity index (χ1) is 16.5. The first kappa shape index (κ1) is 21.3. The zero-order valence-corrected chi connectivity index (χ0v) is 19.1. The molecule has 7 nitrogen and oxygen atoms in total.